The number of rotatable bonds is 4. The van der Waals surface area contributed by atoms with Gasteiger partial charge in [-0.1, -0.05) is 31.9 Å². The highest BCUT2D eigenvalue weighted by molar-refractivity contribution is 5.80. The summed E-state index contributed by atoms with van der Waals surface area (Å²) in [6.07, 6.45) is 6.62. The van der Waals surface area contributed by atoms with Gasteiger partial charge in [0.05, 0.1) is 17.2 Å². The monoisotopic (exact) mass is 341 g/mol. The van der Waals surface area contributed by atoms with E-state index in [1.165, 1.54) is 19.3 Å². The van der Waals surface area contributed by atoms with Gasteiger partial charge in [0, 0.05) is 26.1 Å². The molecule has 1 amide bonds. The lowest BCUT2D eigenvalue weighted by Crippen LogP contribution is -2.43. The van der Waals surface area contributed by atoms with Crippen molar-refractivity contribution in [2.24, 2.45) is 5.92 Å². The molecule has 0 aliphatic heterocycles. The van der Waals surface area contributed by atoms with Crippen LogP contribution in [0.2, 0.25) is 0 Å². The van der Waals surface area contributed by atoms with Crippen molar-refractivity contribution in [1.82, 2.24) is 14.5 Å². The summed E-state index contributed by atoms with van der Waals surface area (Å²) < 4.78 is 1.55. The summed E-state index contributed by atoms with van der Waals surface area (Å²) in [4.78, 5) is 31.5. The van der Waals surface area contributed by atoms with Crippen LogP contribution in [0.4, 0.5) is 0 Å². The standard InChI is InChI=1S/C20H27N3O2/c1-14-7-4-5-10-17(14)22(3)18(24)11-12-23-13-21-19-15(2)8-6-9-16(19)20(23)25/h6,8-9,13-14,17H,4-5,7,10-12H2,1-3H3/t14-,17+/m1/s1. The van der Waals surface area contributed by atoms with Crippen molar-refractivity contribution in [2.75, 3.05) is 7.05 Å². The number of nitrogens with zero attached hydrogens (tertiary/aromatic N) is 3. The molecule has 1 aromatic carbocycles. The number of aromatic nitrogens is 2. The molecule has 0 saturated heterocycles. The van der Waals surface area contributed by atoms with E-state index in [0.717, 1.165) is 17.5 Å². The Morgan fingerprint density at radius 1 is 1.32 bits per heavy atom. The summed E-state index contributed by atoms with van der Waals surface area (Å²) in [5.41, 5.74) is 1.65. The third-order valence-corrected chi connectivity index (χ3v) is 5.58. The van der Waals surface area contributed by atoms with E-state index in [9.17, 15) is 9.59 Å². The zero-order valence-corrected chi connectivity index (χ0v) is 15.4. The first-order valence-electron chi connectivity index (χ1n) is 9.19. The highest BCUT2D eigenvalue weighted by Gasteiger charge is 2.27. The van der Waals surface area contributed by atoms with E-state index in [-0.39, 0.29) is 11.5 Å². The van der Waals surface area contributed by atoms with Crippen LogP contribution in [0.25, 0.3) is 10.9 Å². The number of para-hydroxylation sites is 1. The predicted molar refractivity (Wildman–Crippen MR) is 99.5 cm³/mol. The second kappa shape index (κ2) is 7.38. The third kappa shape index (κ3) is 3.60. The molecular formula is C20H27N3O2. The molecule has 5 heteroatoms. The van der Waals surface area contributed by atoms with Crippen molar-refractivity contribution in [3.63, 3.8) is 0 Å². The van der Waals surface area contributed by atoms with Crippen LogP contribution in [0.5, 0.6) is 0 Å². The van der Waals surface area contributed by atoms with Crippen LogP contribution < -0.4 is 5.56 Å². The second-order valence-electron chi connectivity index (χ2n) is 7.30. The van der Waals surface area contributed by atoms with E-state index in [1.807, 2.05) is 31.0 Å². The van der Waals surface area contributed by atoms with Crippen LogP contribution in [-0.4, -0.2) is 33.4 Å². The van der Waals surface area contributed by atoms with Crippen LogP contribution >= 0.6 is 0 Å². The van der Waals surface area contributed by atoms with Gasteiger partial charge in [0.25, 0.3) is 5.56 Å². The average Bonchev–Trinajstić information content (AvgIpc) is 2.61. The molecule has 1 aromatic heterocycles. The molecule has 2 atom stereocenters. The highest BCUT2D eigenvalue weighted by atomic mass is 16.2. The van der Waals surface area contributed by atoms with Crippen molar-refractivity contribution in [3.8, 4) is 0 Å². The van der Waals surface area contributed by atoms with Gasteiger partial charge in [-0.2, -0.15) is 0 Å². The van der Waals surface area contributed by atoms with Gasteiger partial charge in [-0.05, 0) is 37.3 Å². The molecule has 0 spiro atoms. The molecule has 134 valence electrons. The number of hydrogen-bond acceptors (Lipinski definition) is 3. The van der Waals surface area contributed by atoms with Gasteiger partial charge in [0.1, 0.15) is 0 Å². The molecule has 0 radical (unpaired) electrons. The van der Waals surface area contributed by atoms with E-state index >= 15 is 0 Å². The molecule has 1 fully saturated rings. The minimum absolute atomic E-state index is 0.0739. The summed E-state index contributed by atoms with van der Waals surface area (Å²) in [5.74, 6) is 0.658. The van der Waals surface area contributed by atoms with Gasteiger partial charge < -0.3 is 4.90 Å². The molecule has 2 aromatic rings. The Hall–Kier alpha value is -2.17. The SMILES string of the molecule is Cc1cccc2c(=O)n(CCC(=O)N(C)[C@H]3CCCC[C@H]3C)cnc12. The Morgan fingerprint density at radius 3 is 2.84 bits per heavy atom. The van der Waals surface area contributed by atoms with Gasteiger partial charge in [-0.25, -0.2) is 4.98 Å². The zero-order chi connectivity index (χ0) is 18.0. The summed E-state index contributed by atoms with van der Waals surface area (Å²) in [7, 11) is 1.90. The maximum atomic E-state index is 12.6. The van der Waals surface area contributed by atoms with Gasteiger partial charge in [0.2, 0.25) is 5.91 Å². The topological polar surface area (TPSA) is 55.2 Å². The number of carbonyl (C=O) groups excluding carboxylic acids is 1. The zero-order valence-electron chi connectivity index (χ0n) is 15.4. The molecular weight excluding hydrogens is 314 g/mol. The molecule has 1 aliphatic rings. The number of aryl methyl sites for hydroxylation is 2. The van der Waals surface area contributed by atoms with Crippen LogP contribution in [0.3, 0.4) is 0 Å². The van der Waals surface area contributed by atoms with Crippen molar-refractivity contribution in [1.29, 1.82) is 0 Å². The van der Waals surface area contributed by atoms with E-state index in [1.54, 1.807) is 17.0 Å². The van der Waals surface area contributed by atoms with E-state index in [4.69, 9.17) is 0 Å². The summed E-state index contributed by atoms with van der Waals surface area (Å²) >= 11 is 0. The van der Waals surface area contributed by atoms with Crippen molar-refractivity contribution < 1.29 is 4.79 Å². The largest absolute Gasteiger partial charge is 0.342 e. The van der Waals surface area contributed by atoms with Crippen molar-refractivity contribution in [2.45, 2.75) is 58.5 Å². The van der Waals surface area contributed by atoms with Crippen LogP contribution in [0.1, 0.15) is 44.6 Å². The summed E-state index contributed by atoms with van der Waals surface area (Å²) in [6, 6.07) is 5.94. The van der Waals surface area contributed by atoms with E-state index in [0.29, 0.717) is 30.3 Å². The molecule has 0 unspecified atom stereocenters. The first-order chi connectivity index (χ1) is 12.0. The van der Waals surface area contributed by atoms with Crippen molar-refractivity contribution in [3.05, 3.63) is 40.4 Å². The first kappa shape index (κ1) is 17.6. The molecule has 1 heterocycles. The maximum absolute atomic E-state index is 12.6. The van der Waals surface area contributed by atoms with Gasteiger partial charge in [-0.15, -0.1) is 0 Å². The lowest BCUT2D eigenvalue weighted by molar-refractivity contribution is -0.133. The van der Waals surface area contributed by atoms with Crippen molar-refractivity contribution >= 4 is 16.8 Å². The quantitative estimate of drug-likeness (QED) is 0.858. The van der Waals surface area contributed by atoms with Crippen LogP contribution in [0.15, 0.2) is 29.3 Å². The third-order valence-electron chi connectivity index (χ3n) is 5.58. The average molecular weight is 341 g/mol. The van der Waals surface area contributed by atoms with Gasteiger partial charge in [0.15, 0.2) is 0 Å². The lowest BCUT2D eigenvalue weighted by Gasteiger charge is -2.36. The summed E-state index contributed by atoms with van der Waals surface area (Å²) in [6.45, 7) is 4.55. The van der Waals surface area contributed by atoms with E-state index < -0.39 is 0 Å². The summed E-state index contributed by atoms with van der Waals surface area (Å²) in [5, 5.41) is 0.615. The van der Waals surface area contributed by atoms with Gasteiger partial charge >= 0.3 is 0 Å². The lowest BCUT2D eigenvalue weighted by atomic mass is 9.85. The number of fused-ring (bicyclic) bond motifs is 1. The Bertz CT molecular complexity index is 827. The molecule has 5 nitrogen and oxygen atoms in total. The predicted octanol–water partition coefficient (Wildman–Crippen LogP) is 3.13. The van der Waals surface area contributed by atoms with Gasteiger partial charge in [-0.3, -0.25) is 14.2 Å². The fourth-order valence-corrected chi connectivity index (χ4v) is 3.95. The van der Waals surface area contributed by atoms with E-state index in [2.05, 4.69) is 11.9 Å². The molecule has 0 N–H and O–H groups in total. The minimum atomic E-state index is -0.0739. The molecule has 0 bridgehead atoms. The van der Waals surface area contributed by atoms with Crippen LogP contribution in [0, 0.1) is 12.8 Å². The number of amides is 1. The molecule has 1 aliphatic carbocycles. The Morgan fingerprint density at radius 2 is 2.08 bits per heavy atom. The number of benzene rings is 1. The number of carbonyl (C=O) groups is 1. The smallest absolute Gasteiger partial charge is 0.261 e. The fourth-order valence-electron chi connectivity index (χ4n) is 3.95. The first-order valence-corrected chi connectivity index (χ1v) is 9.19. The molecule has 1 saturated carbocycles. The Balaban J connectivity index is 1.71. The Kier molecular flexibility index (Phi) is 5.21. The number of hydrogen-bond donors (Lipinski definition) is 0. The highest BCUT2D eigenvalue weighted by Crippen LogP contribution is 2.27. The fraction of sp³-hybridized carbons (Fsp3) is 0.550. The maximum Gasteiger partial charge on any atom is 0.261 e. The molecule has 25 heavy (non-hydrogen) atoms. The minimum Gasteiger partial charge on any atom is -0.342 e. The Labute approximate surface area is 148 Å². The normalized spacial score (nSPS) is 20.6. The second-order valence-corrected chi connectivity index (χ2v) is 7.30. The van der Waals surface area contributed by atoms with Crippen LogP contribution in [-0.2, 0) is 11.3 Å². The molecule has 3 rings (SSSR count).